The molecule has 30 heavy (non-hydrogen) atoms. The topological polar surface area (TPSA) is 108 Å². The lowest BCUT2D eigenvalue weighted by Crippen LogP contribution is -2.11. The summed E-state index contributed by atoms with van der Waals surface area (Å²) in [6.45, 7) is 0. The van der Waals surface area contributed by atoms with Crippen molar-refractivity contribution < 1.29 is 9.53 Å². The maximum Gasteiger partial charge on any atom is 0.255 e. The Balaban J connectivity index is 1.38. The van der Waals surface area contributed by atoms with Gasteiger partial charge >= 0.3 is 0 Å². The summed E-state index contributed by atoms with van der Waals surface area (Å²) in [5.74, 6) is 1.08. The molecule has 5 aromatic rings. The first-order valence-electron chi connectivity index (χ1n) is 9.34. The Morgan fingerprint density at radius 3 is 2.83 bits per heavy atom. The number of fused-ring (bicyclic) bond motifs is 2. The minimum absolute atomic E-state index is 0.204. The van der Waals surface area contributed by atoms with Gasteiger partial charge in [0.1, 0.15) is 5.75 Å². The standard InChI is InChI=1S/C22H18N6O2/c1-30-20-5-3-2-4-17(20)26-22-25-16-9-7-13(10-19(16)27-22)21(29)24-15-8-6-14-12-23-28-18(14)11-15/h2-12H,1H3,(H,23,28)(H,24,29)(H2,25,26,27). The molecule has 8 nitrogen and oxygen atoms in total. The number of hydrogen-bond acceptors (Lipinski definition) is 5. The number of aromatic nitrogens is 4. The highest BCUT2D eigenvalue weighted by molar-refractivity contribution is 6.06. The van der Waals surface area contributed by atoms with Crippen molar-refractivity contribution in [2.75, 3.05) is 17.7 Å². The van der Waals surface area contributed by atoms with Crippen LogP contribution in [0.2, 0.25) is 0 Å². The second-order valence-electron chi connectivity index (χ2n) is 6.77. The highest BCUT2D eigenvalue weighted by Crippen LogP contribution is 2.27. The number of H-pyrrole nitrogens is 2. The SMILES string of the molecule is COc1ccccc1Nc1nc2ccc(C(=O)Nc3ccc4cn[nH]c4c3)cc2[nH]1. The first kappa shape index (κ1) is 17.7. The van der Waals surface area contributed by atoms with Crippen LogP contribution in [0.3, 0.4) is 0 Å². The number of methoxy groups -OCH3 is 1. The number of rotatable bonds is 5. The van der Waals surface area contributed by atoms with E-state index < -0.39 is 0 Å². The van der Waals surface area contributed by atoms with Gasteiger partial charge in [-0.3, -0.25) is 9.89 Å². The molecule has 0 fully saturated rings. The van der Waals surface area contributed by atoms with Gasteiger partial charge in [-0.15, -0.1) is 0 Å². The van der Waals surface area contributed by atoms with E-state index in [0.29, 0.717) is 22.9 Å². The number of imidazole rings is 1. The Bertz CT molecular complexity index is 1370. The Morgan fingerprint density at radius 2 is 1.93 bits per heavy atom. The lowest BCUT2D eigenvalue weighted by molar-refractivity contribution is 0.102. The fourth-order valence-corrected chi connectivity index (χ4v) is 3.30. The molecule has 0 radical (unpaired) electrons. The molecule has 0 aliphatic heterocycles. The van der Waals surface area contributed by atoms with Crippen molar-refractivity contribution in [2.24, 2.45) is 0 Å². The van der Waals surface area contributed by atoms with Crippen molar-refractivity contribution >= 4 is 45.2 Å². The van der Waals surface area contributed by atoms with E-state index in [-0.39, 0.29) is 5.91 Å². The first-order valence-corrected chi connectivity index (χ1v) is 9.34. The molecule has 0 saturated heterocycles. The van der Waals surface area contributed by atoms with Gasteiger partial charge in [-0.05, 0) is 48.5 Å². The van der Waals surface area contributed by atoms with Crippen LogP contribution in [0.15, 0.2) is 66.9 Å². The van der Waals surface area contributed by atoms with Crippen molar-refractivity contribution in [2.45, 2.75) is 0 Å². The van der Waals surface area contributed by atoms with Crippen LogP contribution in [0, 0.1) is 0 Å². The average Bonchev–Trinajstić information content (AvgIpc) is 3.39. The van der Waals surface area contributed by atoms with E-state index in [9.17, 15) is 4.79 Å². The number of hydrogen-bond donors (Lipinski definition) is 4. The highest BCUT2D eigenvalue weighted by atomic mass is 16.5. The predicted octanol–water partition coefficient (Wildman–Crippen LogP) is 4.44. The maximum absolute atomic E-state index is 12.7. The van der Waals surface area contributed by atoms with Gasteiger partial charge in [0, 0.05) is 16.6 Å². The molecule has 0 unspecified atom stereocenters. The molecule has 148 valence electrons. The number of para-hydroxylation sites is 2. The normalized spacial score (nSPS) is 11.0. The number of carbonyl (C=O) groups excluding carboxylic acids is 1. The van der Waals surface area contributed by atoms with Gasteiger partial charge in [-0.2, -0.15) is 5.10 Å². The van der Waals surface area contributed by atoms with Crippen LogP contribution in [-0.2, 0) is 0 Å². The molecule has 0 atom stereocenters. The minimum atomic E-state index is -0.204. The zero-order valence-electron chi connectivity index (χ0n) is 16.1. The molecule has 0 spiro atoms. The smallest absolute Gasteiger partial charge is 0.255 e. The van der Waals surface area contributed by atoms with Crippen LogP contribution < -0.4 is 15.4 Å². The lowest BCUT2D eigenvalue weighted by atomic mass is 10.1. The molecular formula is C22H18N6O2. The van der Waals surface area contributed by atoms with Gasteiger partial charge in [-0.1, -0.05) is 12.1 Å². The number of nitrogens with zero attached hydrogens (tertiary/aromatic N) is 2. The monoisotopic (exact) mass is 398 g/mol. The number of amides is 1. The number of nitrogens with one attached hydrogen (secondary N) is 4. The summed E-state index contributed by atoms with van der Waals surface area (Å²) < 4.78 is 5.36. The van der Waals surface area contributed by atoms with E-state index in [2.05, 4.69) is 30.8 Å². The Morgan fingerprint density at radius 1 is 1.03 bits per heavy atom. The van der Waals surface area contributed by atoms with E-state index >= 15 is 0 Å². The van der Waals surface area contributed by atoms with Crippen LogP contribution in [0.25, 0.3) is 21.9 Å². The zero-order chi connectivity index (χ0) is 20.5. The van der Waals surface area contributed by atoms with Crippen molar-refractivity contribution in [3.8, 4) is 5.75 Å². The number of aromatic amines is 2. The highest BCUT2D eigenvalue weighted by Gasteiger charge is 2.11. The van der Waals surface area contributed by atoms with Crippen LogP contribution in [-0.4, -0.2) is 33.2 Å². The van der Waals surface area contributed by atoms with Gasteiger partial charge < -0.3 is 20.4 Å². The summed E-state index contributed by atoms with van der Waals surface area (Å²) in [6, 6.07) is 18.5. The second-order valence-corrected chi connectivity index (χ2v) is 6.77. The fourth-order valence-electron chi connectivity index (χ4n) is 3.30. The molecule has 0 aliphatic carbocycles. The van der Waals surface area contributed by atoms with Crippen molar-refractivity contribution in [3.63, 3.8) is 0 Å². The molecule has 4 N–H and O–H groups in total. The summed E-state index contributed by atoms with van der Waals surface area (Å²) in [6.07, 6.45) is 1.74. The number of anilines is 3. The van der Waals surface area contributed by atoms with Gasteiger partial charge in [0.25, 0.3) is 5.91 Å². The molecule has 1 amide bonds. The van der Waals surface area contributed by atoms with Crippen LogP contribution in [0.4, 0.5) is 17.3 Å². The van der Waals surface area contributed by atoms with Crippen molar-refractivity contribution in [1.29, 1.82) is 0 Å². The largest absolute Gasteiger partial charge is 0.495 e. The zero-order valence-corrected chi connectivity index (χ0v) is 16.1. The number of benzene rings is 3. The van der Waals surface area contributed by atoms with Gasteiger partial charge in [0.05, 0.1) is 35.5 Å². The van der Waals surface area contributed by atoms with Gasteiger partial charge in [-0.25, -0.2) is 4.98 Å². The Kier molecular flexibility index (Phi) is 4.29. The molecule has 0 aliphatic rings. The van der Waals surface area contributed by atoms with Crippen LogP contribution in [0.1, 0.15) is 10.4 Å². The molecule has 8 heteroatoms. The van der Waals surface area contributed by atoms with Gasteiger partial charge in [0.2, 0.25) is 5.95 Å². The quantitative estimate of drug-likeness (QED) is 0.350. The van der Waals surface area contributed by atoms with E-state index in [1.807, 2.05) is 48.5 Å². The van der Waals surface area contributed by atoms with E-state index in [1.54, 1.807) is 25.4 Å². The molecule has 2 aromatic heterocycles. The summed E-state index contributed by atoms with van der Waals surface area (Å²) in [4.78, 5) is 20.4. The van der Waals surface area contributed by atoms with E-state index in [1.165, 1.54) is 0 Å². The lowest BCUT2D eigenvalue weighted by Gasteiger charge is -2.08. The summed E-state index contributed by atoms with van der Waals surface area (Å²) >= 11 is 0. The number of carbonyl (C=O) groups is 1. The second kappa shape index (κ2) is 7.25. The number of ether oxygens (including phenoxy) is 1. The summed E-state index contributed by atoms with van der Waals surface area (Å²) in [7, 11) is 1.62. The van der Waals surface area contributed by atoms with Crippen molar-refractivity contribution in [1.82, 2.24) is 20.2 Å². The average molecular weight is 398 g/mol. The fraction of sp³-hybridized carbons (Fsp3) is 0.0455. The summed E-state index contributed by atoms with van der Waals surface area (Å²) in [5.41, 5.74) is 4.39. The Labute approximate surface area is 171 Å². The van der Waals surface area contributed by atoms with E-state index in [4.69, 9.17) is 4.74 Å². The third kappa shape index (κ3) is 3.30. The molecule has 3 aromatic carbocycles. The third-order valence-corrected chi connectivity index (χ3v) is 4.80. The molecule has 0 bridgehead atoms. The molecule has 2 heterocycles. The predicted molar refractivity (Wildman–Crippen MR) is 116 cm³/mol. The molecule has 0 saturated carbocycles. The summed E-state index contributed by atoms with van der Waals surface area (Å²) in [5, 5.41) is 14.0. The van der Waals surface area contributed by atoms with Crippen LogP contribution >= 0.6 is 0 Å². The molecule has 5 rings (SSSR count). The van der Waals surface area contributed by atoms with Crippen molar-refractivity contribution in [3.05, 3.63) is 72.4 Å². The maximum atomic E-state index is 12.7. The first-order chi connectivity index (χ1) is 14.7. The molecular weight excluding hydrogens is 380 g/mol. The third-order valence-electron chi connectivity index (χ3n) is 4.80. The Hall–Kier alpha value is -4.33. The van der Waals surface area contributed by atoms with Gasteiger partial charge in [0.15, 0.2) is 0 Å². The van der Waals surface area contributed by atoms with E-state index in [0.717, 1.165) is 27.6 Å². The van der Waals surface area contributed by atoms with Crippen LogP contribution in [0.5, 0.6) is 5.75 Å². The minimum Gasteiger partial charge on any atom is -0.495 e.